The number of nitrogens with two attached hydrogens (primary N) is 1. The van der Waals surface area contributed by atoms with Gasteiger partial charge in [-0.15, -0.1) is 22.7 Å². The summed E-state index contributed by atoms with van der Waals surface area (Å²) in [7, 11) is 0. The van der Waals surface area contributed by atoms with E-state index < -0.39 is 29.0 Å². The van der Waals surface area contributed by atoms with Crippen LogP contribution in [0, 0.1) is 11.6 Å². The third-order valence-corrected chi connectivity index (χ3v) is 6.19. The summed E-state index contributed by atoms with van der Waals surface area (Å²) in [6, 6.07) is 12.4. The Hall–Kier alpha value is -3.17. The molecule has 2 heterocycles. The number of amides is 2. The van der Waals surface area contributed by atoms with Gasteiger partial charge in [-0.3, -0.25) is 9.59 Å². The average Bonchev–Trinajstić information content (AvgIpc) is 3.30. The topological polar surface area (TPSA) is 85.1 Å². The van der Waals surface area contributed by atoms with Gasteiger partial charge in [-0.05, 0) is 30.3 Å². The molecule has 0 saturated carbocycles. The fraction of sp³-hybridized carbons (Fsp3) is 0. The highest BCUT2D eigenvalue weighted by Crippen LogP contribution is 2.34. The third kappa shape index (κ3) is 3.37. The van der Waals surface area contributed by atoms with Crippen LogP contribution in [0.2, 0.25) is 0 Å². The predicted octanol–water partition coefficient (Wildman–Crippen LogP) is 4.65. The molecule has 0 radical (unpaired) electrons. The van der Waals surface area contributed by atoms with E-state index in [1.54, 1.807) is 12.1 Å². The molecule has 9 heteroatoms. The van der Waals surface area contributed by atoms with E-state index in [9.17, 15) is 18.4 Å². The number of hydrogen-bond acceptors (Lipinski definition) is 5. The van der Waals surface area contributed by atoms with Crippen LogP contribution in [0.3, 0.4) is 0 Å². The summed E-state index contributed by atoms with van der Waals surface area (Å²) in [5.74, 6) is -3.73. The molecule has 0 unspecified atom stereocenters. The van der Waals surface area contributed by atoms with Crippen LogP contribution < -0.4 is 11.1 Å². The van der Waals surface area contributed by atoms with Gasteiger partial charge in [0.05, 0.1) is 31.2 Å². The molecule has 140 valence electrons. The Morgan fingerprint density at radius 3 is 2.54 bits per heavy atom. The zero-order chi connectivity index (χ0) is 19.8. The van der Waals surface area contributed by atoms with E-state index in [1.807, 2.05) is 24.3 Å². The number of thiazole rings is 1. The maximum atomic E-state index is 13.9. The van der Waals surface area contributed by atoms with Gasteiger partial charge >= 0.3 is 0 Å². The Morgan fingerprint density at radius 2 is 1.79 bits per heavy atom. The first-order valence-corrected chi connectivity index (χ1v) is 9.61. The molecular weight excluding hydrogens is 404 g/mol. The van der Waals surface area contributed by atoms with Gasteiger partial charge in [0.2, 0.25) is 0 Å². The number of nitrogens with one attached hydrogen (secondary N) is 1. The molecule has 0 aliphatic rings. The minimum atomic E-state index is -1.09. The van der Waals surface area contributed by atoms with E-state index in [0.717, 1.165) is 26.2 Å². The second-order valence-corrected chi connectivity index (χ2v) is 7.90. The average molecular weight is 415 g/mol. The number of para-hydroxylation sites is 1. The van der Waals surface area contributed by atoms with Crippen molar-refractivity contribution in [2.24, 2.45) is 5.73 Å². The Kier molecular flexibility index (Phi) is 4.62. The maximum absolute atomic E-state index is 13.9. The molecular formula is C19H11F2N3O2S2. The summed E-state index contributed by atoms with van der Waals surface area (Å²) < 4.78 is 28.5. The van der Waals surface area contributed by atoms with Crippen molar-refractivity contribution in [1.29, 1.82) is 0 Å². The molecule has 2 aromatic heterocycles. The lowest BCUT2D eigenvalue weighted by Crippen LogP contribution is -2.16. The number of anilines is 1. The largest absolute Gasteiger partial charge is 0.366 e. The molecule has 0 fully saturated rings. The number of fused-ring (bicyclic) bond motifs is 1. The lowest BCUT2D eigenvalue weighted by molar-refractivity contribution is 0.0992. The summed E-state index contributed by atoms with van der Waals surface area (Å²) in [6.45, 7) is 0. The van der Waals surface area contributed by atoms with Crippen LogP contribution in [-0.2, 0) is 0 Å². The Morgan fingerprint density at radius 1 is 1.00 bits per heavy atom. The highest BCUT2D eigenvalue weighted by molar-refractivity contribution is 7.26. The second kappa shape index (κ2) is 7.10. The minimum absolute atomic E-state index is 0.318. The number of primary amides is 1. The predicted molar refractivity (Wildman–Crippen MR) is 106 cm³/mol. The van der Waals surface area contributed by atoms with Gasteiger partial charge in [0.25, 0.3) is 11.8 Å². The van der Waals surface area contributed by atoms with Crippen molar-refractivity contribution >= 4 is 50.4 Å². The summed E-state index contributed by atoms with van der Waals surface area (Å²) >= 11 is 2.70. The number of hydrogen-bond donors (Lipinski definition) is 2. The molecule has 0 atom stereocenters. The van der Waals surface area contributed by atoms with Crippen molar-refractivity contribution < 1.29 is 18.4 Å². The van der Waals surface area contributed by atoms with Gasteiger partial charge in [0, 0.05) is 6.07 Å². The molecule has 0 bridgehead atoms. The number of nitrogens with zero attached hydrogens (tertiary/aromatic N) is 1. The summed E-state index contributed by atoms with van der Waals surface area (Å²) in [4.78, 5) is 29.3. The molecule has 2 aromatic carbocycles. The number of aromatic nitrogens is 1. The fourth-order valence-corrected chi connectivity index (χ4v) is 4.49. The number of carbonyl (C=O) groups is 2. The van der Waals surface area contributed by atoms with Gasteiger partial charge in [0.15, 0.2) is 0 Å². The van der Waals surface area contributed by atoms with Crippen LogP contribution in [0.25, 0.3) is 20.1 Å². The van der Waals surface area contributed by atoms with Gasteiger partial charge in [0.1, 0.15) is 16.6 Å². The van der Waals surface area contributed by atoms with Gasteiger partial charge < -0.3 is 11.1 Å². The Labute approximate surface area is 165 Å². The molecule has 28 heavy (non-hydrogen) atoms. The Bertz CT molecular complexity index is 1200. The Balaban J connectivity index is 1.60. The van der Waals surface area contributed by atoms with E-state index in [1.165, 1.54) is 22.7 Å². The first-order valence-electron chi connectivity index (χ1n) is 7.98. The molecule has 0 spiro atoms. The SMILES string of the molecule is NC(=O)c1cc(NC(=O)c2ccc(-c3nc4ccccc4s3)s2)c(F)cc1F. The number of rotatable bonds is 4. The molecule has 0 aliphatic carbocycles. The van der Waals surface area contributed by atoms with Crippen molar-refractivity contribution in [3.63, 3.8) is 0 Å². The van der Waals surface area contributed by atoms with Crippen LogP contribution in [0.4, 0.5) is 14.5 Å². The van der Waals surface area contributed by atoms with Crippen molar-refractivity contribution in [2.45, 2.75) is 0 Å². The van der Waals surface area contributed by atoms with E-state index >= 15 is 0 Å². The van der Waals surface area contributed by atoms with Crippen LogP contribution in [0.15, 0.2) is 48.5 Å². The zero-order valence-corrected chi connectivity index (χ0v) is 15.7. The van der Waals surface area contributed by atoms with E-state index in [-0.39, 0.29) is 5.69 Å². The zero-order valence-electron chi connectivity index (χ0n) is 14.0. The van der Waals surface area contributed by atoms with Crippen LogP contribution >= 0.6 is 22.7 Å². The van der Waals surface area contributed by atoms with Gasteiger partial charge in [-0.25, -0.2) is 13.8 Å². The number of benzene rings is 2. The molecule has 3 N–H and O–H groups in total. The van der Waals surface area contributed by atoms with E-state index in [2.05, 4.69) is 10.3 Å². The van der Waals surface area contributed by atoms with E-state index in [4.69, 9.17) is 5.73 Å². The highest BCUT2D eigenvalue weighted by atomic mass is 32.1. The normalized spacial score (nSPS) is 10.9. The highest BCUT2D eigenvalue weighted by Gasteiger charge is 2.18. The number of halogens is 2. The first-order chi connectivity index (χ1) is 13.4. The van der Waals surface area contributed by atoms with Crippen molar-refractivity contribution in [1.82, 2.24) is 4.98 Å². The molecule has 0 aliphatic heterocycles. The van der Waals surface area contributed by atoms with E-state index in [0.29, 0.717) is 10.9 Å². The molecule has 0 saturated heterocycles. The number of thiophene rings is 1. The smallest absolute Gasteiger partial charge is 0.265 e. The van der Waals surface area contributed by atoms with Crippen LogP contribution in [-0.4, -0.2) is 16.8 Å². The van der Waals surface area contributed by atoms with Crippen molar-refractivity contribution in [3.8, 4) is 9.88 Å². The summed E-state index contributed by atoms with van der Waals surface area (Å²) in [5, 5.41) is 3.12. The third-order valence-electron chi connectivity index (χ3n) is 3.90. The second-order valence-electron chi connectivity index (χ2n) is 5.78. The molecule has 5 nitrogen and oxygen atoms in total. The standard InChI is InChI=1S/C19H11F2N3O2S2/c20-10-8-11(21)13(7-9(10)17(22)25)23-18(26)15-5-6-16(27-15)19-24-12-3-1-2-4-14(12)28-19/h1-8H,(H2,22,25)(H,23,26). The lowest BCUT2D eigenvalue weighted by Gasteiger charge is -2.07. The maximum Gasteiger partial charge on any atom is 0.265 e. The number of carbonyl (C=O) groups excluding carboxylic acids is 2. The monoisotopic (exact) mass is 415 g/mol. The van der Waals surface area contributed by atoms with Crippen LogP contribution in [0.1, 0.15) is 20.0 Å². The van der Waals surface area contributed by atoms with Gasteiger partial charge in [-0.2, -0.15) is 0 Å². The fourth-order valence-electron chi connectivity index (χ4n) is 2.57. The lowest BCUT2D eigenvalue weighted by atomic mass is 10.1. The molecule has 4 aromatic rings. The summed E-state index contributed by atoms with van der Waals surface area (Å²) in [6.07, 6.45) is 0. The summed E-state index contributed by atoms with van der Waals surface area (Å²) in [5.41, 5.74) is 5.10. The first kappa shape index (κ1) is 18.2. The van der Waals surface area contributed by atoms with Crippen molar-refractivity contribution in [3.05, 3.63) is 70.6 Å². The quantitative estimate of drug-likeness (QED) is 0.509. The van der Waals surface area contributed by atoms with Gasteiger partial charge in [-0.1, -0.05) is 12.1 Å². The minimum Gasteiger partial charge on any atom is -0.366 e. The van der Waals surface area contributed by atoms with Crippen LogP contribution in [0.5, 0.6) is 0 Å². The molecule has 4 rings (SSSR count). The van der Waals surface area contributed by atoms with Crippen molar-refractivity contribution in [2.75, 3.05) is 5.32 Å². The molecule has 2 amide bonds.